The van der Waals surface area contributed by atoms with Crippen molar-refractivity contribution in [1.82, 2.24) is 4.90 Å². The smallest absolute Gasteiger partial charge is 0.314 e. The zero-order valence-electron chi connectivity index (χ0n) is 12.1. The Bertz CT molecular complexity index is 505. The minimum atomic E-state index is -0.631. The summed E-state index contributed by atoms with van der Waals surface area (Å²) in [6.45, 7) is 2.16. The first-order valence-corrected chi connectivity index (χ1v) is 7.65. The molecule has 1 unspecified atom stereocenters. The second-order valence-electron chi connectivity index (χ2n) is 6.43. The second kappa shape index (κ2) is 5.21. The Kier molecular flexibility index (Phi) is 3.55. The van der Waals surface area contributed by atoms with Crippen molar-refractivity contribution in [3.63, 3.8) is 0 Å². The molecule has 1 N–H and O–H groups in total. The van der Waals surface area contributed by atoms with Crippen LogP contribution in [0.15, 0.2) is 24.3 Å². The van der Waals surface area contributed by atoms with Gasteiger partial charge in [0.2, 0.25) is 0 Å². The number of carboxylic acid groups (broad SMARTS) is 1. The Morgan fingerprint density at radius 2 is 2.00 bits per heavy atom. The molecule has 0 aromatic heterocycles. The molecule has 0 bridgehead atoms. The maximum Gasteiger partial charge on any atom is 0.314 e. The third kappa shape index (κ3) is 2.14. The Morgan fingerprint density at radius 3 is 2.60 bits per heavy atom. The van der Waals surface area contributed by atoms with Crippen LogP contribution in [0.4, 0.5) is 0 Å². The van der Waals surface area contributed by atoms with E-state index in [-0.39, 0.29) is 0 Å². The van der Waals surface area contributed by atoms with E-state index in [9.17, 15) is 9.90 Å². The summed E-state index contributed by atoms with van der Waals surface area (Å²) in [4.78, 5) is 14.3. The van der Waals surface area contributed by atoms with E-state index in [2.05, 4.69) is 30.1 Å². The van der Waals surface area contributed by atoms with Crippen molar-refractivity contribution < 1.29 is 9.90 Å². The van der Waals surface area contributed by atoms with Gasteiger partial charge in [0, 0.05) is 6.54 Å². The molecule has 0 amide bonds. The van der Waals surface area contributed by atoms with Gasteiger partial charge in [0.15, 0.2) is 0 Å². The highest BCUT2D eigenvalue weighted by Gasteiger charge is 2.45. The first kappa shape index (κ1) is 13.6. The van der Waals surface area contributed by atoms with Gasteiger partial charge in [-0.2, -0.15) is 0 Å². The third-order valence-corrected chi connectivity index (χ3v) is 5.17. The van der Waals surface area contributed by atoms with Crippen molar-refractivity contribution in [3.05, 3.63) is 35.4 Å². The lowest BCUT2D eigenvalue weighted by molar-refractivity contribution is -0.143. The van der Waals surface area contributed by atoms with Gasteiger partial charge < -0.3 is 10.0 Å². The highest BCUT2D eigenvalue weighted by molar-refractivity contribution is 5.82. The van der Waals surface area contributed by atoms with Crippen molar-refractivity contribution in [1.29, 1.82) is 0 Å². The number of carbonyl (C=O) groups is 1. The molecule has 1 aromatic rings. The number of aliphatic carboxylic acids is 1. The lowest BCUT2D eigenvalue weighted by Crippen LogP contribution is -2.34. The molecule has 1 atom stereocenters. The largest absolute Gasteiger partial charge is 0.481 e. The van der Waals surface area contributed by atoms with Crippen molar-refractivity contribution in [2.75, 3.05) is 20.1 Å². The minimum Gasteiger partial charge on any atom is -0.481 e. The summed E-state index contributed by atoms with van der Waals surface area (Å²) in [7, 11) is 2.14. The molecule has 2 aliphatic rings. The van der Waals surface area contributed by atoms with E-state index in [1.165, 1.54) is 5.56 Å². The SMILES string of the molecule is CN1CCC(c2ccccc2C2(C(=O)O)CCCC2)C1. The Balaban J connectivity index is 2.03. The number of benzene rings is 1. The summed E-state index contributed by atoms with van der Waals surface area (Å²) >= 11 is 0. The highest BCUT2D eigenvalue weighted by Crippen LogP contribution is 2.45. The van der Waals surface area contributed by atoms with E-state index in [4.69, 9.17) is 0 Å². The molecule has 1 heterocycles. The first-order chi connectivity index (χ1) is 9.63. The lowest BCUT2D eigenvalue weighted by atomic mass is 9.74. The fourth-order valence-electron chi connectivity index (χ4n) is 4.05. The Labute approximate surface area is 120 Å². The van der Waals surface area contributed by atoms with Crippen molar-refractivity contribution in [2.24, 2.45) is 0 Å². The number of nitrogens with zero attached hydrogens (tertiary/aromatic N) is 1. The molecule has 3 heteroatoms. The van der Waals surface area contributed by atoms with Crippen LogP contribution in [-0.2, 0) is 10.2 Å². The average Bonchev–Trinajstić information content (AvgIpc) is 3.08. The number of likely N-dealkylation sites (N-methyl/N-ethyl adjacent to an activating group) is 1. The summed E-state index contributed by atoms with van der Waals surface area (Å²) in [6.07, 6.45) is 4.80. The Morgan fingerprint density at radius 1 is 1.30 bits per heavy atom. The number of likely N-dealkylation sites (tertiary alicyclic amines) is 1. The summed E-state index contributed by atoms with van der Waals surface area (Å²) in [5.41, 5.74) is 1.74. The van der Waals surface area contributed by atoms with Crippen molar-refractivity contribution in [3.8, 4) is 0 Å². The molecule has 1 aromatic carbocycles. The van der Waals surface area contributed by atoms with E-state index < -0.39 is 11.4 Å². The van der Waals surface area contributed by atoms with Gasteiger partial charge in [0.25, 0.3) is 0 Å². The highest BCUT2D eigenvalue weighted by atomic mass is 16.4. The van der Waals surface area contributed by atoms with E-state index in [0.717, 1.165) is 50.8 Å². The normalized spacial score (nSPS) is 25.9. The van der Waals surface area contributed by atoms with Crippen LogP contribution in [0.25, 0.3) is 0 Å². The molecule has 3 nitrogen and oxygen atoms in total. The van der Waals surface area contributed by atoms with Gasteiger partial charge in [-0.25, -0.2) is 0 Å². The van der Waals surface area contributed by atoms with Gasteiger partial charge in [0.1, 0.15) is 0 Å². The molecule has 1 saturated carbocycles. The molecule has 1 aliphatic carbocycles. The topological polar surface area (TPSA) is 40.5 Å². The van der Waals surface area contributed by atoms with Crippen LogP contribution >= 0.6 is 0 Å². The van der Waals surface area contributed by atoms with E-state index >= 15 is 0 Å². The van der Waals surface area contributed by atoms with Gasteiger partial charge in [-0.1, -0.05) is 37.1 Å². The minimum absolute atomic E-state index is 0.494. The second-order valence-corrected chi connectivity index (χ2v) is 6.43. The quantitative estimate of drug-likeness (QED) is 0.920. The molecule has 3 rings (SSSR count). The molecular weight excluding hydrogens is 250 g/mol. The molecule has 0 spiro atoms. The van der Waals surface area contributed by atoms with Gasteiger partial charge in [-0.3, -0.25) is 4.79 Å². The van der Waals surface area contributed by atoms with Gasteiger partial charge in [0.05, 0.1) is 5.41 Å². The van der Waals surface area contributed by atoms with Crippen LogP contribution < -0.4 is 0 Å². The standard InChI is InChI=1S/C17H23NO2/c1-18-11-8-13(12-18)14-6-2-3-7-15(14)17(16(19)20)9-4-5-10-17/h2-3,6-7,13H,4-5,8-12H2,1H3,(H,19,20). The zero-order chi connectivity index (χ0) is 14.2. The van der Waals surface area contributed by atoms with Crippen LogP contribution in [0, 0.1) is 0 Å². The maximum atomic E-state index is 11.9. The van der Waals surface area contributed by atoms with Gasteiger partial charge >= 0.3 is 5.97 Å². The van der Waals surface area contributed by atoms with Crippen molar-refractivity contribution >= 4 is 5.97 Å². The van der Waals surface area contributed by atoms with E-state index in [1.807, 2.05) is 6.07 Å². The molecule has 1 saturated heterocycles. The van der Waals surface area contributed by atoms with Gasteiger partial charge in [-0.15, -0.1) is 0 Å². The number of carboxylic acids is 1. The van der Waals surface area contributed by atoms with Gasteiger partial charge in [-0.05, 0) is 49.9 Å². The summed E-state index contributed by atoms with van der Waals surface area (Å²) in [6, 6.07) is 8.28. The Hall–Kier alpha value is -1.35. The number of rotatable bonds is 3. The predicted octanol–water partition coefficient (Wildman–Crippen LogP) is 3.00. The van der Waals surface area contributed by atoms with Crippen LogP contribution in [0.3, 0.4) is 0 Å². The lowest BCUT2D eigenvalue weighted by Gasteiger charge is -2.29. The van der Waals surface area contributed by atoms with E-state index in [1.54, 1.807) is 0 Å². The maximum absolute atomic E-state index is 11.9. The molecule has 20 heavy (non-hydrogen) atoms. The fraction of sp³-hybridized carbons (Fsp3) is 0.588. The summed E-state index contributed by atoms with van der Waals surface area (Å²) in [5, 5.41) is 9.83. The van der Waals surface area contributed by atoms with E-state index in [0.29, 0.717) is 5.92 Å². The van der Waals surface area contributed by atoms with Crippen LogP contribution in [0.1, 0.15) is 49.1 Å². The number of hydrogen-bond acceptors (Lipinski definition) is 2. The van der Waals surface area contributed by atoms with Crippen molar-refractivity contribution in [2.45, 2.75) is 43.4 Å². The van der Waals surface area contributed by atoms with Crippen LogP contribution in [0.5, 0.6) is 0 Å². The van der Waals surface area contributed by atoms with Crippen LogP contribution in [-0.4, -0.2) is 36.1 Å². The summed E-state index contributed by atoms with van der Waals surface area (Å²) in [5.74, 6) is -0.137. The first-order valence-electron chi connectivity index (χ1n) is 7.65. The average molecular weight is 273 g/mol. The molecule has 2 fully saturated rings. The fourth-order valence-corrected chi connectivity index (χ4v) is 4.05. The number of hydrogen-bond donors (Lipinski definition) is 1. The molecule has 1 aliphatic heterocycles. The summed E-state index contributed by atoms with van der Waals surface area (Å²) < 4.78 is 0. The molecular formula is C17H23NO2. The molecule has 0 radical (unpaired) electrons. The van der Waals surface area contributed by atoms with Crippen LogP contribution in [0.2, 0.25) is 0 Å². The molecule has 108 valence electrons. The monoisotopic (exact) mass is 273 g/mol. The third-order valence-electron chi connectivity index (χ3n) is 5.17. The zero-order valence-corrected chi connectivity index (χ0v) is 12.1. The predicted molar refractivity (Wildman–Crippen MR) is 79.1 cm³/mol.